The predicted molar refractivity (Wildman–Crippen MR) is 130 cm³/mol. The molecule has 1 atom stereocenters. The van der Waals surface area contributed by atoms with Crippen molar-refractivity contribution < 1.29 is 31.9 Å². The molecule has 0 saturated carbocycles. The van der Waals surface area contributed by atoms with Gasteiger partial charge in [0.05, 0.1) is 24.6 Å². The molecular weight excluding hydrogens is 524 g/mol. The van der Waals surface area contributed by atoms with Crippen LogP contribution in [-0.4, -0.2) is 50.8 Å². The highest BCUT2D eigenvalue weighted by molar-refractivity contribution is 5.92. The number of rotatable bonds is 6. The maximum atomic E-state index is 14.6. The maximum absolute atomic E-state index is 14.6. The topological polar surface area (TPSA) is 104 Å². The molecule has 1 amide bonds. The Morgan fingerprint density at radius 2 is 1.77 bits per heavy atom. The van der Waals surface area contributed by atoms with Crippen LogP contribution in [0, 0.1) is 11.7 Å². The average molecular weight is 548 g/mol. The Morgan fingerprint density at radius 1 is 1.08 bits per heavy atom. The Bertz CT molecular complexity index is 1500. The van der Waals surface area contributed by atoms with Crippen LogP contribution in [0.5, 0.6) is 0 Å². The Hall–Kier alpha value is -4.29. The molecule has 1 fully saturated rings. The number of ether oxygens (including phenoxy) is 1. The molecule has 39 heavy (non-hydrogen) atoms. The van der Waals surface area contributed by atoms with Crippen molar-refractivity contribution in [3.05, 3.63) is 92.0 Å². The van der Waals surface area contributed by atoms with Gasteiger partial charge in [-0.05, 0) is 49.6 Å². The first-order valence-corrected chi connectivity index (χ1v) is 12.1. The zero-order valence-electron chi connectivity index (χ0n) is 20.8. The second-order valence-corrected chi connectivity index (χ2v) is 8.92. The number of hydrogen-bond acceptors (Lipinski definition) is 6. The van der Waals surface area contributed by atoms with E-state index in [1.807, 2.05) is 0 Å². The second kappa shape index (κ2) is 11.2. The number of esters is 1. The lowest BCUT2D eigenvalue weighted by molar-refractivity contribution is -0.149. The quantitative estimate of drug-likeness (QED) is 0.347. The van der Waals surface area contributed by atoms with Crippen molar-refractivity contribution in [2.75, 3.05) is 19.7 Å². The van der Waals surface area contributed by atoms with E-state index < -0.39 is 58.8 Å². The van der Waals surface area contributed by atoms with E-state index in [-0.39, 0.29) is 30.9 Å². The Morgan fingerprint density at radius 3 is 2.41 bits per heavy atom. The molecule has 3 aromatic rings. The molecule has 0 radical (unpaired) electrons. The number of amides is 1. The highest BCUT2D eigenvalue weighted by Gasteiger charge is 2.33. The van der Waals surface area contributed by atoms with Gasteiger partial charge in [-0.15, -0.1) is 0 Å². The number of alkyl halides is 3. The molecular formula is C26H24F4N4O5. The summed E-state index contributed by atoms with van der Waals surface area (Å²) in [6, 6.07) is 8.87. The van der Waals surface area contributed by atoms with Crippen LogP contribution >= 0.6 is 0 Å². The molecule has 4 rings (SSSR count). The molecule has 0 unspecified atom stereocenters. The average Bonchev–Trinajstić information content (AvgIpc) is 2.91. The third-order valence-electron chi connectivity index (χ3n) is 6.29. The number of likely N-dealkylation sites (tertiary alicyclic amines) is 1. The zero-order valence-corrected chi connectivity index (χ0v) is 20.8. The Labute approximate surface area is 219 Å². The van der Waals surface area contributed by atoms with Crippen molar-refractivity contribution in [2.45, 2.75) is 32.5 Å². The molecule has 0 bridgehead atoms. The van der Waals surface area contributed by atoms with Gasteiger partial charge in [-0.2, -0.15) is 23.0 Å². The third kappa shape index (κ3) is 5.91. The molecule has 206 valence electrons. The van der Waals surface area contributed by atoms with Gasteiger partial charge in [0.15, 0.2) is 0 Å². The van der Waals surface area contributed by atoms with E-state index in [0.29, 0.717) is 22.1 Å². The number of aromatic nitrogens is 3. The van der Waals surface area contributed by atoms with E-state index in [0.717, 1.165) is 30.3 Å². The SMILES string of the molecule is CCOC(=O)[C@@H]1CCCN(C(=O)c2nn(-c3ccccc3F)c(=O)n(Cc3ccc(C(F)(F)F)cc3)c2=O)C1. The lowest BCUT2D eigenvalue weighted by atomic mass is 9.98. The molecule has 0 aliphatic carbocycles. The van der Waals surface area contributed by atoms with Crippen LogP contribution in [0.4, 0.5) is 17.6 Å². The standard InChI is InChI=1S/C26H24F4N4O5/c1-2-39-24(37)17-6-5-13-32(15-17)22(35)21-23(36)33(14-16-9-11-18(12-10-16)26(28,29)30)25(38)34(31-21)20-8-4-3-7-19(20)27/h3-4,7-12,17H,2,5-6,13-15H2,1H3/t17-/m1/s1. The van der Waals surface area contributed by atoms with Crippen molar-refractivity contribution in [2.24, 2.45) is 5.92 Å². The van der Waals surface area contributed by atoms with Gasteiger partial charge in [-0.25, -0.2) is 9.18 Å². The number of carbonyl (C=O) groups excluding carboxylic acids is 2. The molecule has 13 heteroatoms. The highest BCUT2D eigenvalue weighted by atomic mass is 19.4. The predicted octanol–water partition coefficient (Wildman–Crippen LogP) is 3.02. The summed E-state index contributed by atoms with van der Waals surface area (Å²) in [6.07, 6.45) is -3.66. The summed E-state index contributed by atoms with van der Waals surface area (Å²) in [5, 5.41) is 3.91. The third-order valence-corrected chi connectivity index (χ3v) is 6.29. The smallest absolute Gasteiger partial charge is 0.416 e. The number of para-hydroxylation sites is 1. The summed E-state index contributed by atoms with van der Waals surface area (Å²) in [7, 11) is 0. The molecule has 1 aliphatic heterocycles. The second-order valence-electron chi connectivity index (χ2n) is 8.92. The lowest BCUT2D eigenvalue weighted by Crippen LogP contribution is -2.49. The van der Waals surface area contributed by atoms with Crippen LogP contribution in [0.1, 0.15) is 41.4 Å². The first kappa shape index (κ1) is 27.7. The minimum absolute atomic E-state index is 0.0451. The minimum Gasteiger partial charge on any atom is -0.466 e. The van der Waals surface area contributed by atoms with Gasteiger partial charge in [0.1, 0.15) is 11.5 Å². The molecule has 0 spiro atoms. The monoisotopic (exact) mass is 548 g/mol. The van der Waals surface area contributed by atoms with Crippen molar-refractivity contribution in [3.63, 3.8) is 0 Å². The van der Waals surface area contributed by atoms with Gasteiger partial charge in [-0.1, -0.05) is 24.3 Å². The number of nitrogens with zero attached hydrogens (tertiary/aromatic N) is 4. The summed E-state index contributed by atoms with van der Waals surface area (Å²) in [4.78, 5) is 53.6. The van der Waals surface area contributed by atoms with E-state index in [1.165, 1.54) is 23.1 Å². The van der Waals surface area contributed by atoms with Crippen LogP contribution in [-0.2, 0) is 22.3 Å². The molecule has 2 aromatic carbocycles. The van der Waals surface area contributed by atoms with Crippen LogP contribution < -0.4 is 11.2 Å². The fourth-order valence-corrected chi connectivity index (χ4v) is 4.31. The van der Waals surface area contributed by atoms with Crippen molar-refractivity contribution in [3.8, 4) is 5.69 Å². The highest BCUT2D eigenvalue weighted by Crippen LogP contribution is 2.29. The molecule has 0 N–H and O–H groups in total. The van der Waals surface area contributed by atoms with E-state index in [1.54, 1.807) is 6.92 Å². The Kier molecular flexibility index (Phi) is 7.98. The fraction of sp³-hybridized carbons (Fsp3) is 0.346. The number of benzene rings is 2. The number of halogens is 4. The normalized spacial score (nSPS) is 15.7. The van der Waals surface area contributed by atoms with Crippen LogP contribution in [0.3, 0.4) is 0 Å². The van der Waals surface area contributed by atoms with E-state index >= 15 is 0 Å². The molecule has 9 nitrogen and oxygen atoms in total. The van der Waals surface area contributed by atoms with E-state index in [2.05, 4.69) is 5.10 Å². The number of carbonyl (C=O) groups is 2. The fourth-order valence-electron chi connectivity index (χ4n) is 4.31. The molecule has 1 aromatic heterocycles. The summed E-state index contributed by atoms with van der Waals surface area (Å²) in [5.41, 5.74) is -3.99. The maximum Gasteiger partial charge on any atom is 0.416 e. The van der Waals surface area contributed by atoms with Crippen LogP contribution in [0.25, 0.3) is 5.69 Å². The largest absolute Gasteiger partial charge is 0.466 e. The summed E-state index contributed by atoms with van der Waals surface area (Å²) >= 11 is 0. The van der Waals surface area contributed by atoms with E-state index in [9.17, 15) is 36.7 Å². The zero-order chi connectivity index (χ0) is 28.3. The van der Waals surface area contributed by atoms with Gasteiger partial charge in [0.25, 0.3) is 11.5 Å². The minimum atomic E-state index is -4.58. The van der Waals surface area contributed by atoms with Crippen molar-refractivity contribution >= 4 is 11.9 Å². The summed E-state index contributed by atoms with van der Waals surface area (Å²) in [6.45, 7) is 1.47. The number of hydrogen-bond donors (Lipinski definition) is 0. The van der Waals surface area contributed by atoms with Gasteiger partial charge in [0.2, 0.25) is 5.69 Å². The Balaban J connectivity index is 1.78. The first-order chi connectivity index (χ1) is 18.5. The molecule has 2 heterocycles. The summed E-state index contributed by atoms with van der Waals surface area (Å²) < 4.78 is 59.8. The molecule has 1 saturated heterocycles. The van der Waals surface area contributed by atoms with Crippen molar-refractivity contribution in [1.29, 1.82) is 0 Å². The molecule has 1 aliphatic rings. The first-order valence-electron chi connectivity index (χ1n) is 12.1. The van der Waals surface area contributed by atoms with Gasteiger partial charge < -0.3 is 9.64 Å². The van der Waals surface area contributed by atoms with Crippen molar-refractivity contribution in [1.82, 2.24) is 19.2 Å². The number of piperidine rings is 1. The summed E-state index contributed by atoms with van der Waals surface area (Å²) in [5.74, 6) is -2.83. The van der Waals surface area contributed by atoms with Gasteiger partial charge in [-0.3, -0.25) is 19.0 Å². The van der Waals surface area contributed by atoms with E-state index in [4.69, 9.17) is 4.74 Å². The van der Waals surface area contributed by atoms with Gasteiger partial charge >= 0.3 is 17.8 Å². The van der Waals surface area contributed by atoms with Crippen LogP contribution in [0.2, 0.25) is 0 Å². The van der Waals surface area contributed by atoms with Gasteiger partial charge in [0, 0.05) is 13.1 Å². The lowest BCUT2D eigenvalue weighted by Gasteiger charge is -2.31. The van der Waals surface area contributed by atoms with Crippen LogP contribution in [0.15, 0.2) is 58.1 Å².